The van der Waals surface area contributed by atoms with Crippen molar-refractivity contribution < 1.29 is 14.4 Å². The van der Waals surface area contributed by atoms with E-state index in [1.54, 1.807) is 36.4 Å². The number of halogens is 2. The van der Waals surface area contributed by atoms with Crippen molar-refractivity contribution in [2.45, 2.75) is 6.92 Å². The standard InChI is InChI=1S/C19H11Cl2N3O3/c1-10(25)24-17(18(26)23-19(24)27)16(12-4-2-11(9-22)3-5-12)13-6-14(20)8-15(21)7-13/h2-8H,1H3,(H,23,26,27). The normalized spacial score (nSPS) is 15.4. The van der Waals surface area contributed by atoms with Crippen molar-refractivity contribution in [2.24, 2.45) is 0 Å². The van der Waals surface area contributed by atoms with E-state index < -0.39 is 17.8 Å². The number of nitrogens with one attached hydrogen (secondary N) is 1. The number of carbonyl (C=O) groups is 3. The average molecular weight is 400 g/mol. The number of benzene rings is 2. The fraction of sp³-hybridized carbons (Fsp3) is 0.0526. The number of nitrogens with zero attached hydrogens (tertiary/aromatic N) is 2. The Bertz CT molecular complexity index is 1030. The van der Waals surface area contributed by atoms with Crippen LogP contribution in [0.4, 0.5) is 4.79 Å². The summed E-state index contributed by atoms with van der Waals surface area (Å²) in [6, 6.07) is 12.2. The Balaban J connectivity index is 2.36. The van der Waals surface area contributed by atoms with Gasteiger partial charge in [-0.25, -0.2) is 9.69 Å². The average Bonchev–Trinajstić information content (AvgIpc) is 2.89. The van der Waals surface area contributed by atoms with E-state index in [9.17, 15) is 14.4 Å². The molecule has 4 amide bonds. The maximum Gasteiger partial charge on any atom is 0.335 e. The molecule has 6 nitrogen and oxygen atoms in total. The van der Waals surface area contributed by atoms with Gasteiger partial charge >= 0.3 is 6.03 Å². The molecule has 0 spiro atoms. The molecule has 27 heavy (non-hydrogen) atoms. The number of amides is 4. The predicted octanol–water partition coefficient (Wildman–Crippen LogP) is 3.72. The first-order valence-corrected chi connectivity index (χ1v) is 8.44. The van der Waals surface area contributed by atoms with E-state index in [0.29, 0.717) is 32.3 Å². The van der Waals surface area contributed by atoms with Crippen LogP contribution in [0.25, 0.3) is 5.57 Å². The van der Waals surface area contributed by atoms with Crippen molar-refractivity contribution in [1.82, 2.24) is 10.2 Å². The first-order valence-electron chi connectivity index (χ1n) is 7.69. The van der Waals surface area contributed by atoms with Gasteiger partial charge in [0.2, 0.25) is 5.91 Å². The molecule has 0 aromatic heterocycles. The van der Waals surface area contributed by atoms with Crippen LogP contribution in [0, 0.1) is 11.3 Å². The summed E-state index contributed by atoms with van der Waals surface area (Å²) in [7, 11) is 0. The highest BCUT2D eigenvalue weighted by Gasteiger charge is 2.39. The van der Waals surface area contributed by atoms with Crippen molar-refractivity contribution in [3.63, 3.8) is 0 Å². The Morgan fingerprint density at radius 1 is 1.04 bits per heavy atom. The van der Waals surface area contributed by atoms with Crippen LogP contribution in [0.1, 0.15) is 23.6 Å². The molecule has 2 aromatic rings. The fourth-order valence-electron chi connectivity index (χ4n) is 2.79. The lowest BCUT2D eigenvalue weighted by molar-refractivity contribution is -0.125. The summed E-state index contributed by atoms with van der Waals surface area (Å²) in [5, 5.41) is 11.8. The second-order valence-corrected chi connectivity index (χ2v) is 6.56. The molecule has 0 atom stereocenters. The van der Waals surface area contributed by atoms with Gasteiger partial charge in [0, 0.05) is 22.5 Å². The molecule has 0 bridgehead atoms. The predicted molar refractivity (Wildman–Crippen MR) is 99.7 cm³/mol. The van der Waals surface area contributed by atoms with Crippen LogP contribution in [0.15, 0.2) is 48.2 Å². The molecule has 1 N–H and O–H groups in total. The second kappa shape index (κ2) is 7.23. The molecule has 0 saturated carbocycles. The van der Waals surface area contributed by atoms with E-state index in [2.05, 4.69) is 5.32 Å². The SMILES string of the molecule is CC(=O)N1C(=O)NC(=O)C1=C(c1ccc(C#N)cc1)c1cc(Cl)cc(Cl)c1. The van der Waals surface area contributed by atoms with Crippen LogP contribution >= 0.6 is 23.2 Å². The lowest BCUT2D eigenvalue weighted by atomic mass is 9.94. The number of imide groups is 2. The first kappa shape index (κ1) is 18.6. The van der Waals surface area contributed by atoms with Crippen LogP contribution in [0.5, 0.6) is 0 Å². The molecule has 1 heterocycles. The molecular weight excluding hydrogens is 389 g/mol. The highest BCUT2D eigenvalue weighted by molar-refractivity contribution is 6.35. The van der Waals surface area contributed by atoms with Gasteiger partial charge in [-0.05, 0) is 41.5 Å². The number of urea groups is 1. The fourth-order valence-corrected chi connectivity index (χ4v) is 3.32. The van der Waals surface area contributed by atoms with Gasteiger partial charge < -0.3 is 0 Å². The van der Waals surface area contributed by atoms with Gasteiger partial charge in [0.15, 0.2) is 0 Å². The van der Waals surface area contributed by atoms with Crippen molar-refractivity contribution in [1.29, 1.82) is 5.26 Å². The Morgan fingerprint density at radius 3 is 2.15 bits per heavy atom. The summed E-state index contributed by atoms with van der Waals surface area (Å²) in [5.74, 6) is -1.33. The van der Waals surface area contributed by atoms with Crippen LogP contribution in [0.3, 0.4) is 0 Å². The van der Waals surface area contributed by atoms with Crippen molar-refractivity contribution in [2.75, 3.05) is 0 Å². The Labute approximate surface area is 164 Å². The van der Waals surface area contributed by atoms with Gasteiger partial charge in [0.05, 0.1) is 11.6 Å². The summed E-state index contributed by atoms with van der Waals surface area (Å²) in [5.41, 5.74) is 1.54. The quantitative estimate of drug-likeness (QED) is 0.615. The van der Waals surface area contributed by atoms with Gasteiger partial charge in [-0.1, -0.05) is 35.3 Å². The van der Waals surface area contributed by atoms with Crippen molar-refractivity contribution in [3.8, 4) is 6.07 Å². The largest absolute Gasteiger partial charge is 0.335 e. The highest BCUT2D eigenvalue weighted by atomic mass is 35.5. The van der Waals surface area contributed by atoms with E-state index in [0.717, 1.165) is 4.90 Å². The summed E-state index contributed by atoms with van der Waals surface area (Å²) in [4.78, 5) is 37.3. The minimum absolute atomic E-state index is 0.129. The third-order valence-corrected chi connectivity index (χ3v) is 4.30. The van der Waals surface area contributed by atoms with Gasteiger partial charge in [-0.3, -0.25) is 14.9 Å². The molecule has 1 saturated heterocycles. The van der Waals surface area contributed by atoms with Crippen molar-refractivity contribution in [3.05, 3.63) is 74.9 Å². The summed E-state index contributed by atoms with van der Waals surface area (Å²) < 4.78 is 0. The molecule has 134 valence electrons. The summed E-state index contributed by atoms with van der Waals surface area (Å²) in [6.45, 7) is 1.18. The van der Waals surface area contributed by atoms with Gasteiger partial charge in [0.25, 0.3) is 5.91 Å². The maximum absolute atomic E-state index is 12.5. The molecule has 0 unspecified atom stereocenters. The highest BCUT2D eigenvalue weighted by Crippen LogP contribution is 2.34. The monoisotopic (exact) mass is 399 g/mol. The maximum atomic E-state index is 12.5. The third-order valence-electron chi connectivity index (χ3n) is 3.87. The van der Waals surface area contributed by atoms with E-state index >= 15 is 0 Å². The number of nitriles is 1. The van der Waals surface area contributed by atoms with Crippen molar-refractivity contribution >= 4 is 46.6 Å². The van der Waals surface area contributed by atoms with Crippen LogP contribution in [0.2, 0.25) is 10.0 Å². The lowest BCUT2D eigenvalue weighted by Gasteiger charge is -2.17. The van der Waals surface area contributed by atoms with E-state index in [-0.39, 0.29) is 5.70 Å². The number of hydrogen-bond acceptors (Lipinski definition) is 4. The van der Waals surface area contributed by atoms with Crippen LogP contribution in [-0.4, -0.2) is 22.7 Å². The Hall–Kier alpha value is -3.14. The number of hydrogen-bond donors (Lipinski definition) is 1. The van der Waals surface area contributed by atoms with Gasteiger partial charge in [-0.2, -0.15) is 5.26 Å². The summed E-state index contributed by atoms with van der Waals surface area (Å²) in [6.07, 6.45) is 0. The number of rotatable bonds is 2. The minimum atomic E-state index is -0.832. The van der Waals surface area contributed by atoms with E-state index in [1.165, 1.54) is 13.0 Å². The zero-order valence-corrected chi connectivity index (χ0v) is 15.4. The van der Waals surface area contributed by atoms with Gasteiger partial charge in [-0.15, -0.1) is 0 Å². The smallest absolute Gasteiger partial charge is 0.274 e. The van der Waals surface area contributed by atoms with E-state index in [4.69, 9.17) is 28.5 Å². The Morgan fingerprint density at radius 2 is 1.63 bits per heavy atom. The van der Waals surface area contributed by atoms with Crippen LogP contribution in [-0.2, 0) is 9.59 Å². The molecule has 3 rings (SSSR count). The lowest BCUT2D eigenvalue weighted by Crippen LogP contribution is -2.31. The minimum Gasteiger partial charge on any atom is -0.274 e. The first-order chi connectivity index (χ1) is 12.8. The molecule has 0 radical (unpaired) electrons. The summed E-state index contributed by atoms with van der Waals surface area (Å²) >= 11 is 12.2. The zero-order chi connectivity index (χ0) is 19.7. The Kier molecular flexibility index (Phi) is 5.00. The molecule has 1 aliphatic rings. The molecule has 1 fully saturated rings. The molecule has 0 aliphatic carbocycles. The van der Waals surface area contributed by atoms with Gasteiger partial charge in [0.1, 0.15) is 5.70 Å². The topological polar surface area (TPSA) is 90.3 Å². The second-order valence-electron chi connectivity index (χ2n) is 5.68. The molecule has 1 aliphatic heterocycles. The third kappa shape index (κ3) is 3.56. The molecular formula is C19H11Cl2N3O3. The molecule has 8 heteroatoms. The van der Waals surface area contributed by atoms with Crippen LogP contribution < -0.4 is 5.32 Å². The number of carbonyl (C=O) groups excluding carboxylic acids is 3. The zero-order valence-electron chi connectivity index (χ0n) is 13.9. The molecule has 2 aromatic carbocycles. The van der Waals surface area contributed by atoms with E-state index in [1.807, 2.05) is 6.07 Å².